The van der Waals surface area contributed by atoms with Gasteiger partial charge in [0.15, 0.2) is 6.29 Å². The Balaban J connectivity index is 2.73. The monoisotopic (exact) mass is 223 g/mol. The number of phenols is 1. The van der Waals surface area contributed by atoms with Crippen LogP contribution >= 0.6 is 0 Å². The Kier molecular flexibility index (Phi) is 2.89. The first-order valence-electron chi connectivity index (χ1n) is 5.04. The van der Waals surface area contributed by atoms with Crippen LogP contribution in [0.3, 0.4) is 0 Å². The molecule has 3 heteroatoms. The Labute approximate surface area is 98.6 Å². The number of rotatable bonds is 2. The Morgan fingerprint density at radius 2 is 1.82 bits per heavy atom. The van der Waals surface area contributed by atoms with Gasteiger partial charge in [-0.3, -0.25) is 4.79 Å². The van der Waals surface area contributed by atoms with Crippen molar-refractivity contribution < 1.29 is 9.90 Å². The normalized spacial score (nSPS) is 9.59. The molecule has 2 aromatic rings. The molecule has 0 aromatic heterocycles. The number of hydrogen-bond donors (Lipinski definition) is 1. The van der Waals surface area contributed by atoms with E-state index >= 15 is 0 Å². The SMILES string of the molecule is N#Cc1c(-c2ccccc2)ccc(O)c1C=O. The van der Waals surface area contributed by atoms with Crippen LogP contribution in [0, 0.1) is 11.3 Å². The summed E-state index contributed by atoms with van der Waals surface area (Å²) in [5.74, 6) is -0.170. The summed E-state index contributed by atoms with van der Waals surface area (Å²) in [4.78, 5) is 10.9. The average Bonchev–Trinajstić information content (AvgIpc) is 2.39. The highest BCUT2D eigenvalue weighted by Gasteiger charge is 2.13. The molecule has 0 atom stereocenters. The third kappa shape index (κ3) is 1.88. The Hall–Kier alpha value is -2.60. The first-order valence-corrected chi connectivity index (χ1v) is 5.04. The van der Waals surface area contributed by atoms with E-state index < -0.39 is 0 Å². The van der Waals surface area contributed by atoms with Gasteiger partial charge in [-0.05, 0) is 17.7 Å². The second kappa shape index (κ2) is 4.50. The molecule has 2 rings (SSSR count). The van der Waals surface area contributed by atoms with E-state index in [1.54, 1.807) is 6.07 Å². The van der Waals surface area contributed by atoms with Crippen LogP contribution in [0.15, 0.2) is 42.5 Å². The quantitative estimate of drug-likeness (QED) is 0.796. The number of benzene rings is 2. The molecule has 0 aliphatic rings. The molecule has 82 valence electrons. The molecule has 0 fully saturated rings. The maximum Gasteiger partial charge on any atom is 0.155 e. The van der Waals surface area contributed by atoms with Crippen molar-refractivity contribution in [3.05, 3.63) is 53.6 Å². The summed E-state index contributed by atoms with van der Waals surface area (Å²) in [5, 5.41) is 18.6. The molecule has 0 saturated carbocycles. The Bertz CT molecular complexity index is 598. The van der Waals surface area contributed by atoms with Crippen LogP contribution in [-0.2, 0) is 0 Å². The Morgan fingerprint density at radius 1 is 1.12 bits per heavy atom. The van der Waals surface area contributed by atoms with Crippen LogP contribution < -0.4 is 0 Å². The van der Waals surface area contributed by atoms with Gasteiger partial charge in [-0.15, -0.1) is 0 Å². The van der Waals surface area contributed by atoms with Crippen molar-refractivity contribution in [1.29, 1.82) is 5.26 Å². The molecular formula is C14H9NO2. The van der Waals surface area contributed by atoms with Crippen molar-refractivity contribution in [3.63, 3.8) is 0 Å². The predicted octanol–water partition coefficient (Wildman–Crippen LogP) is 2.74. The fraction of sp³-hybridized carbons (Fsp3) is 0. The fourth-order valence-electron chi connectivity index (χ4n) is 1.71. The van der Waals surface area contributed by atoms with E-state index in [1.807, 2.05) is 36.4 Å². The summed E-state index contributed by atoms with van der Waals surface area (Å²) in [6.07, 6.45) is 0.500. The van der Waals surface area contributed by atoms with Crippen molar-refractivity contribution >= 4 is 6.29 Å². The van der Waals surface area contributed by atoms with E-state index in [4.69, 9.17) is 5.26 Å². The lowest BCUT2D eigenvalue weighted by molar-refractivity contribution is 0.112. The summed E-state index contributed by atoms with van der Waals surface area (Å²) < 4.78 is 0. The number of nitrogens with zero attached hydrogens (tertiary/aromatic N) is 1. The van der Waals surface area contributed by atoms with Crippen LogP contribution in [0.5, 0.6) is 5.75 Å². The molecule has 0 amide bonds. The molecule has 0 saturated heterocycles. The second-order valence-corrected chi connectivity index (χ2v) is 3.52. The zero-order valence-corrected chi connectivity index (χ0v) is 8.92. The van der Waals surface area contributed by atoms with E-state index in [0.29, 0.717) is 11.8 Å². The first-order chi connectivity index (χ1) is 8.27. The topological polar surface area (TPSA) is 61.1 Å². The van der Waals surface area contributed by atoms with Gasteiger partial charge >= 0.3 is 0 Å². The zero-order chi connectivity index (χ0) is 12.3. The summed E-state index contributed by atoms with van der Waals surface area (Å²) in [6.45, 7) is 0. The lowest BCUT2D eigenvalue weighted by atomic mass is 9.96. The number of carbonyl (C=O) groups is 1. The van der Waals surface area contributed by atoms with Gasteiger partial charge in [0, 0.05) is 5.56 Å². The minimum atomic E-state index is -0.170. The van der Waals surface area contributed by atoms with Crippen LogP contribution in [0.1, 0.15) is 15.9 Å². The molecule has 3 nitrogen and oxygen atoms in total. The number of carbonyl (C=O) groups excluding carboxylic acids is 1. The second-order valence-electron chi connectivity index (χ2n) is 3.52. The van der Waals surface area contributed by atoms with E-state index in [9.17, 15) is 9.90 Å². The number of aldehydes is 1. The van der Waals surface area contributed by atoms with Gasteiger partial charge in [-0.2, -0.15) is 5.26 Å². The van der Waals surface area contributed by atoms with E-state index in [-0.39, 0.29) is 16.9 Å². The van der Waals surface area contributed by atoms with E-state index in [1.165, 1.54) is 6.07 Å². The fourth-order valence-corrected chi connectivity index (χ4v) is 1.71. The molecule has 0 spiro atoms. The number of phenolic OH excluding ortho intramolecular Hbond substituents is 1. The molecule has 0 bridgehead atoms. The minimum absolute atomic E-state index is 0.0360. The summed E-state index contributed by atoms with van der Waals surface area (Å²) in [6, 6.07) is 14.3. The number of nitriles is 1. The zero-order valence-electron chi connectivity index (χ0n) is 8.92. The van der Waals surface area contributed by atoms with Crippen LogP contribution in [-0.4, -0.2) is 11.4 Å². The minimum Gasteiger partial charge on any atom is -0.507 e. The van der Waals surface area contributed by atoms with Gasteiger partial charge in [0.2, 0.25) is 0 Å². The van der Waals surface area contributed by atoms with Gasteiger partial charge in [-0.1, -0.05) is 30.3 Å². The molecule has 1 N–H and O–H groups in total. The van der Waals surface area contributed by atoms with Gasteiger partial charge in [-0.25, -0.2) is 0 Å². The molecule has 17 heavy (non-hydrogen) atoms. The Morgan fingerprint density at radius 3 is 2.41 bits per heavy atom. The maximum absolute atomic E-state index is 10.9. The van der Waals surface area contributed by atoms with Crippen molar-refractivity contribution in [2.24, 2.45) is 0 Å². The highest BCUT2D eigenvalue weighted by molar-refractivity contribution is 5.88. The predicted molar refractivity (Wildman–Crippen MR) is 63.6 cm³/mol. The lowest BCUT2D eigenvalue weighted by Crippen LogP contribution is -1.92. The third-order valence-corrected chi connectivity index (χ3v) is 2.54. The first kappa shape index (κ1) is 10.9. The molecule has 0 heterocycles. The van der Waals surface area contributed by atoms with Crippen molar-refractivity contribution in [2.75, 3.05) is 0 Å². The van der Waals surface area contributed by atoms with Crippen molar-refractivity contribution in [2.45, 2.75) is 0 Å². The largest absolute Gasteiger partial charge is 0.507 e. The van der Waals surface area contributed by atoms with Crippen LogP contribution in [0.25, 0.3) is 11.1 Å². The maximum atomic E-state index is 10.9. The summed E-state index contributed by atoms with van der Waals surface area (Å²) in [5.41, 5.74) is 1.72. The van der Waals surface area contributed by atoms with Gasteiger partial charge in [0.25, 0.3) is 0 Å². The van der Waals surface area contributed by atoms with Gasteiger partial charge in [0.1, 0.15) is 11.8 Å². The van der Waals surface area contributed by atoms with Crippen LogP contribution in [0.2, 0.25) is 0 Å². The summed E-state index contributed by atoms with van der Waals surface area (Å²) >= 11 is 0. The molecule has 0 aliphatic heterocycles. The summed E-state index contributed by atoms with van der Waals surface area (Å²) in [7, 11) is 0. The smallest absolute Gasteiger partial charge is 0.155 e. The molecule has 2 aromatic carbocycles. The average molecular weight is 223 g/mol. The van der Waals surface area contributed by atoms with Gasteiger partial charge in [0.05, 0.1) is 11.1 Å². The highest BCUT2D eigenvalue weighted by Crippen LogP contribution is 2.29. The van der Waals surface area contributed by atoms with Crippen LogP contribution in [0.4, 0.5) is 0 Å². The number of aromatic hydroxyl groups is 1. The third-order valence-electron chi connectivity index (χ3n) is 2.54. The highest BCUT2D eigenvalue weighted by atomic mass is 16.3. The van der Waals surface area contributed by atoms with E-state index in [2.05, 4.69) is 0 Å². The molecular weight excluding hydrogens is 214 g/mol. The number of hydrogen-bond acceptors (Lipinski definition) is 3. The van der Waals surface area contributed by atoms with Crippen molar-refractivity contribution in [3.8, 4) is 22.9 Å². The van der Waals surface area contributed by atoms with Crippen molar-refractivity contribution in [1.82, 2.24) is 0 Å². The van der Waals surface area contributed by atoms with E-state index in [0.717, 1.165) is 5.56 Å². The molecule has 0 aliphatic carbocycles. The van der Waals surface area contributed by atoms with Gasteiger partial charge < -0.3 is 5.11 Å². The molecule has 0 radical (unpaired) electrons. The lowest BCUT2D eigenvalue weighted by Gasteiger charge is -2.07. The standard InChI is InChI=1S/C14H9NO2/c15-8-12-11(10-4-2-1-3-5-10)6-7-14(17)13(12)9-16/h1-7,9,17H. The molecule has 0 unspecified atom stereocenters.